The fourth-order valence-electron chi connectivity index (χ4n) is 2.33. The summed E-state index contributed by atoms with van der Waals surface area (Å²) in [6.45, 7) is 3.05. The van der Waals surface area contributed by atoms with Gasteiger partial charge in [0, 0.05) is 6.08 Å². The van der Waals surface area contributed by atoms with Gasteiger partial charge in [-0.3, -0.25) is 9.52 Å². The van der Waals surface area contributed by atoms with Crippen LogP contribution in [0.2, 0.25) is 5.02 Å². The predicted molar refractivity (Wildman–Crippen MR) is 112 cm³/mol. The molecule has 154 valence electrons. The van der Waals surface area contributed by atoms with Crippen LogP contribution in [0.15, 0.2) is 59.5 Å². The lowest BCUT2D eigenvalue weighted by Gasteiger charge is -2.22. The zero-order valence-electron chi connectivity index (χ0n) is 16.1. The molecule has 7 nitrogen and oxygen atoms in total. The molecule has 0 fully saturated rings. The normalized spacial score (nSPS) is 11.9. The fourth-order valence-corrected chi connectivity index (χ4v) is 3.65. The number of rotatable bonds is 7. The molecular formula is C20H21ClN2O5S. The number of hydrogen-bond acceptors (Lipinski definition) is 5. The first-order valence-electron chi connectivity index (χ1n) is 8.51. The predicted octanol–water partition coefficient (Wildman–Crippen LogP) is 3.22. The van der Waals surface area contributed by atoms with Gasteiger partial charge < -0.3 is 10.1 Å². The van der Waals surface area contributed by atoms with E-state index in [1.165, 1.54) is 45.2 Å². The van der Waals surface area contributed by atoms with Gasteiger partial charge in [-0.05, 0) is 49.8 Å². The number of benzene rings is 2. The van der Waals surface area contributed by atoms with Gasteiger partial charge in [0.25, 0.3) is 10.0 Å². The van der Waals surface area contributed by atoms with Gasteiger partial charge in [0.2, 0.25) is 5.91 Å². The Balaban J connectivity index is 2.08. The van der Waals surface area contributed by atoms with Gasteiger partial charge in [0.05, 0.1) is 22.7 Å². The average molecular weight is 437 g/mol. The molecule has 1 amide bonds. The van der Waals surface area contributed by atoms with Crippen molar-refractivity contribution in [2.75, 3.05) is 11.8 Å². The molecule has 2 aromatic rings. The first-order chi connectivity index (χ1) is 13.5. The summed E-state index contributed by atoms with van der Waals surface area (Å²) < 4.78 is 32.0. The van der Waals surface area contributed by atoms with E-state index in [0.717, 1.165) is 0 Å². The summed E-state index contributed by atoms with van der Waals surface area (Å²) in [5.41, 5.74) is -0.283. The Morgan fingerprint density at radius 1 is 1.07 bits per heavy atom. The molecule has 0 bridgehead atoms. The molecule has 0 saturated carbocycles. The number of nitrogens with one attached hydrogen (secondary N) is 2. The minimum absolute atomic E-state index is 0.0471. The molecule has 0 atom stereocenters. The molecule has 0 aliphatic carbocycles. The van der Waals surface area contributed by atoms with Crippen LogP contribution in [-0.4, -0.2) is 32.9 Å². The van der Waals surface area contributed by atoms with Crippen molar-refractivity contribution in [2.45, 2.75) is 24.3 Å². The summed E-state index contributed by atoms with van der Waals surface area (Å²) in [5.74, 6) is -1.06. The van der Waals surface area contributed by atoms with E-state index < -0.39 is 27.4 Å². The molecule has 0 aliphatic heterocycles. The summed E-state index contributed by atoms with van der Waals surface area (Å²) in [7, 11) is -2.57. The van der Waals surface area contributed by atoms with Crippen LogP contribution < -0.4 is 10.0 Å². The largest absolute Gasteiger partial charge is 0.467 e. The summed E-state index contributed by atoms with van der Waals surface area (Å²) in [6.07, 6.45) is 2.75. The minimum Gasteiger partial charge on any atom is -0.467 e. The van der Waals surface area contributed by atoms with Gasteiger partial charge in [-0.1, -0.05) is 35.9 Å². The minimum atomic E-state index is -3.81. The number of hydrogen-bond donors (Lipinski definition) is 2. The van der Waals surface area contributed by atoms with Crippen molar-refractivity contribution >= 4 is 45.3 Å². The van der Waals surface area contributed by atoms with Gasteiger partial charge in [-0.25, -0.2) is 13.2 Å². The van der Waals surface area contributed by atoms with E-state index in [1.54, 1.807) is 36.4 Å². The standard InChI is InChI=1S/C20H21ClN2O5S/c1-20(2,19(25)28-3)22-18(24)13-10-14-8-11-15(12-9-14)29(26,27)23-17-7-5-4-6-16(17)21/h4-13,23H,1-3H3,(H,22,24)/b13-10+. The lowest BCUT2D eigenvalue weighted by atomic mass is 10.1. The maximum absolute atomic E-state index is 12.5. The number of carbonyl (C=O) groups excluding carboxylic acids is 2. The van der Waals surface area contributed by atoms with Crippen molar-refractivity contribution < 1.29 is 22.7 Å². The van der Waals surface area contributed by atoms with Crippen molar-refractivity contribution in [1.29, 1.82) is 0 Å². The third-order valence-electron chi connectivity index (χ3n) is 3.87. The Hall–Kier alpha value is -2.84. The number of amides is 1. The Morgan fingerprint density at radius 2 is 1.69 bits per heavy atom. The molecule has 2 rings (SSSR count). The van der Waals surface area contributed by atoms with E-state index in [1.807, 2.05) is 0 Å². The average Bonchev–Trinajstić information content (AvgIpc) is 2.67. The summed E-state index contributed by atoms with van der Waals surface area (Å²) in [6, 6.07) is 12.4. The first-order valence-corrected chi connectivity index (χ1v) is 10.4. The maximum atomic E-state index is 12.5. The molecule has 29 heavy (non-hydrogen) atoms. The molecule has 0 heterocycles. The number of esters is 1. The number of para-hydroxylation sites is 1. The van der Waals surface area contributed by atoms with E-state index in [4.69, 9.17) is 11.6 Å². The summed E-state index contributed by atoms with van der Waals surface area (Å²) in [5, 5.41) is 2.82. The van der Waals surface area contributed by atoms with E-state index >= 15 is 0 Å². The highest BCUT2D eigenvalue weighted by atomic mass is 35.5. The Bertz CT molecular complexity index is 1030. The number of anilines is 1. The highest BCUT2D eigenvalue weighted by Gasteiger charge is 2.29. The maximum Gasteiger partial charge on any atom is 0.330 e. The number of halogens is 1. The van der Waals surface area contributed by atoms with Crippen LogP contribution >= 0.6 is 11.6 Å². The van der Waals surface area contributed by atoms with Crippen molar-refractivity contribution in [3.63, 3.8) is 0 Å². The molecule has 0 unspecified atom stereocenters. The highest BCUT2D eigenvalue weighted by molar-refractivity contribution is 7.92. The SMILES string of the molecule is COC(=O)C(C)(C)NC(=O)/C=C/c1ccc(S(=O)(=O)Nc2ccccc2Cl)cc1. The van der Waals surface area contributed by atoms with Crippen LogP contribution in [0, 0.1) is 0 Å². The summed E-state index contributed by atoms with van der Waals surface area (Å²) in [4.78, 5) is 23.6. The Morgan fingerprint density at radius 3 is 2.28 bits per heavy atom. The Kier molecular flexibility index (Phi) is 7.05. The third kappa shape index (κ3) is 6.07. The van der Waals surface area contributed by atoms with Crippen LogP contribution in [0.4, 0.5) is 5.69 Å². The number of sulfonamides is 1. The topological polar surface area (TPSA) is 102 Å². The molecule has 0 aliphatic rings. The highest BCUT2D eigenvalue weighted by Crippen LogP contribution is 2.24. The summed E-state index contributed by atoms with van der Waals surface area (Å²) >= 11 is 5.99. The van der Waals surface area contributed by atoms with Crippen molar-refractivity contribution in [1.82, 2.24) is 5.32 Å². The zero-order chi connectivity index (χ0) is 21.7. The van der Waals surface area contributed by atoms with E-state index in [-0.39, 0.29) is 15.6 Å². The number of ether oxygens (including phenoxy) is 1. The Labute approximate surface area is 174 Å². The zero-order valence-corrected chi connectivity index (χ0v) is 17.7. The molecule has 2 N–H and O–H groups in total. The fraction of sp³-hybridized carbons (Fsp3) is 0.200. The van der Waals surface area contributed by atoms with Crippen LogP contribution in [0.1, 0.15) is 19.4 Å². The van der Waals surface area contributed by atoms with Crippen LogP contribution in [0.25, 0.3) is 6.08 Å². The van der Waals surface area contributed by atoms with Crippen molar-refractivity contribution in [3.05, 3.63) is 65.2 Å². The van der Waals surface area contributed by atoms with Gasteiger partial charge in [0.15, 0.2) is 0 Å². The second kappa shape index (κ2) is 9.11. The number of carbonyl (C=O) groups is 2. The lowest BCUT2D eigenvalue weighted by Crippen LogP contribution is -2.49. The molecule has 2 aromatic carbocycles. The van der Waals surface area contributed by atoms with E-state index in [2.05, 4.69) is 14.8 Å². The van der Waals surface area contributed by atoms with E-state index in [0.29, 0.717) is 5.56 Å². The first kappa shape index (κ1) is 22.4. The number of methoxy groups -OCH3 is 1. The van der Waals surface area contributed by atoms with Gasteiger partial charge >= 0.3 is 5.97 Å². The van der Waals surface area contributed by atoms with E-state index in [9.17, 15) is 18.0 Å². The molecular weight excluding hydrogens is 416 g/mol. The van der Waals surface area contributed by atoms with Crippen LogP contribution in [-0.2, 0) is 24.3 Å². The molecule has 0 saturated heterocycles. The van der Waals surface area contributed by atoms with Crippen molar-refractivity contribution in [2.24, 2.45) is 0 Å². The quantitative estimate of drug-likeness (QED) is 0.512. The monoisotopic (exact) mass is 436 g/mol. The molecule has 0 aromatic heterocycles. The van der Waals surface area contributed by atoms with Crippen LogP contribution in [0.5, 0.6) is 0 Å². The third-order valence-corrected chi connectivity index (χ3v) is 5.58. The van der Waals surface area contributed by atoms with Gasteiger partial charge in [0.1, 0.15) is 5.54 Å². The van der Waals surface area contributed by atoms with Gasteiger partial charge in [-0.15, -0.1) is 0 Å². The van der Waals surface area contributed by atoms with Crippen molar-refractivity contribution in [3.8, 4) is 0 Å². The second-order valence-electron chi connectivity index (χ2n) is 6.59. The smallest absolute Gasteiger partial charge is 0.330 e. The molecule has 9 heteroatoms. The lowest BCUT2D eigenvalue weighted by molar-refractivity contribution is -0.148. The van der Waals surface area contributed by atoms with Crippen LogP contribution in [0.3, 0.4) is 0 Å². The molecule has 0 radical (unpaired) electrons. The second-order valence-corrected chi connectivity index (χ2v) is 8.68. The molecule has 0 spiro atoms. The van der Waals surface area contributed by atoms with Gasteiger partial charge in [-0.2, -0.15) is 0 Å².